The molecule has 0 fully saturated rings. The molecule has 0 aromatic rings. The Morgan fingerprint density at radius 1 is 1.50 bits per heavy atom. The third-order valence-corrected chi connectivity index (χ3v) is 2.12. The summed E-state index contributed by atoms with van der Waals surface area (Å²) in [7, 11) is 0. The Bertz CT molecular complexity index is 149. The van der Waals surface area contributed by atoms with Crippen molar-refractivity contribution in [2.75, 3.05) is 6.54 Å². The van der Waals surface area contributed by atoms with Crippen LogP contribution in [0.15, 0.2) is 0 Å². The van der Waals surface area contributed by atoms with Gasteiger partial charge in [-0.05, 0) is 12.3 Å². The quantitative estimate of drug-likeness (QED) is 0.661. The van der Waals surface area contributed by atoms with Gasteiger partial charge in [0.2, 0.25) is 5.91 Å². The van der Waals surface area contributed by atoms with E-state index in [1.807, 2.05) is 0 Å². The van der Waals surface area contributed by atoms with Crippen LogP contribution in [0.3, 0.4) is 0 Å². The molecule has 3 N–H and O–H groups in total. The lowest BCUT2D eigenvalue weighted by molar-refractivity contribution is -0.117. The summed E-state index contributed by atoms with van der Waals surface area (Å²) >= 11 is 0. The molecule has 12 heavy (non-hydrogen) atoms. The minimum atomic E-state index is -0.247. The van der Waals surface area contributed by atoms with E-state index in [4.69, 9.17) is 5.73 Å². The number of nitrogens with one attached hydrogen (secondary N) is 1. The van der Waals surface area contributed by atoms with Gasteiger partial charge >= 0.3 is 0 Å². The van der Waals surface area contributed by atoms with Crippen molar-refractivity contribution in [3.8, 4) is 0 Å². The van der Waals surface area contributed by atoms with E-state index in [-0.39, 0.29) is 11.3 Å². The van der Waals surface area contributed by atoms with Crippen LogP contribution in [0, 0.1) is 5.41 Å². The highest BCUT2D eigenvalue weighted by atomic mass is 16.1. The number of hydrogen-bond donors (Lipinski definition) is 2. The van der Waals surface area contributed by atoms with Gasteiger partial charge in [0.1, 0.15) is 0 Å². The predicted molar refractivity (Wildman–Crippen MR) is 50.7 cm³/mol. The van der Waals surface area contributed by atoms with Crippen molar-refractivity contribution in [3.05, 3.63) is 0 Å². The molecule has 0 bridgehead atoms. The summed E-state index contributed by atoms with van der Waals surface area (Å²) in [6.45, 7) is 9.27. The normalized spacial score (nSPS) is 14.3. The van der Waals surface area contributed by atoms with Crippen LogP contribution in [0.4, 0.5) is 0 Å². The van der Waals surface area contributed by atoms with E-state index in [0.29, 0.717) is 19.0 Å². The third kappa shape index (κ3) is 5.13. The van der Waals surface area contributed by atoms with Crippen molar-refractivity contribution in [3.63, 3.8) is 0 Å². The second-order valence-corrected chi connectivity index (χ2v) is 4.26. The molecule has 0 aromatic carbocycles. The molecule has 72 valence electrons. The Hall–Kier alpha value is -0.570. The van der Waals surface area contributed by atoms with Crippen molar-refractivity contribution in [1.29, 1.82) is 0 Å². The molecule has 0 aliphatic heterocycles. The first-order valence-electron chi connectivity index (χ1n) is 4.35. The second-order valence-electron chi connectivity index (χ2n) is 4.26. The number of carbonyl (C=O) groups is 1. The highest BCUT2D eigenvalue weighted by Crippen LogP contribution is 2.18. The summed E-state index contributed by atoms with van der Waals surface area (Å²) in [5, 5.41) is 3.25. The summed E-state index contributed by atoms with van der Waals surface area (Å²) in [6.07, 6.45) is 0.417. The van der Waals surface area contributed by atoms with Crippen molar-refractivity contribution in [2.45, 2.75) is 40.2 Å². The van der Waals surface area contributed by atoms with Gasteiger partial charge in [0.05, 0.1) is 0 Å². The molecule has 1 atom stereocenters. The number of carbonyl (C=O) groups excluding carboxylic acids is 1. The fourth-order valence-corrected chi connectivity index (χ4v) is 0.718. The van der Waals surface area contributed by atoms with Gasteiger partial charge < -0.3 is 11.1 Å². The van der Waals surface area contributed by atoms with Gasteiger partial charge in [-0.2, -0.15) is 0 Å². The zero-order valence-corrected chi connectivity index (χ0v) is 8.48. The van der Waals surface area contributed by atoms with E-state index >= 15 is 0 Å². The van der Waals surface area contributed by atoms with Crippen LogP contribution in [0.2, 0.25) is 0 Å². The molecule has 0 spiro atoms. The van der Waals surface area contributed by atoms with E-state index in [2.05, 4.69) is 33.0 Å². The first-order valence-corrected chi connectivity index (χ1v) is 4.35. The monoisotopic (exact) mass is 172 g/mol. The number of hydrogen-bond acceptors (Lipinski definition) is 2. The van der Waals surface area contributed by atoms with Crippen LogP contribution in [0.1, 0.15) is 34.1 Å². The van der Waals surface area contributed by atoms with Crippen LogP contribution in [0.25, 0.3) is 0 Å². The molecule has 0 saturated carbocycles. The minimum Gasteiger partial charge on any atom is -0.370 e. The maximum Gasteiger partial charge on any atom is 0.218 e. The maximum atomic E-state index is 10.4. The van der Waals surface area contributed by atoms with Crippen LogP contribution < -0.4 is 11.1 Å². The van der Waals surface area contributed by atoms with Gasteiger partial charge in [-0.15, -0.1) is 0 Å². The fraction of sp³-hybridized carbons (Fsp3) is 0.889. The van der Waals surface area contributed by atoms with Gasteiger partial charge in [0.25, 0.3) is 0 Å². The van der Waals surface area contributed by atoms with Crippen molar-refractivity contribution < 1.29 is 4.79 Å². The smallest absolute Gasteiger partial charge is 0.218 e. The van der Waals surface area contributed by atoms with Gasteiger partial charge in [0.15, 0.2) is 0 Å². The average Bonchev–Trinajstić information content (AvgIpc) is 1.84. The van der Waals surface area contributed by atoms with E-state index in [0.717, 1.165) is 0 Å². The Morgan fingerprint density at radius 2 is 2.00 bits per heavy atom. The first-order chi connectivity index (χ1) is 5.34. The topological polar surface area (TPSA) is 55.1 Å². The average molecular weight is 172 g/mol. The molecular formula is C9H20N2O. The fourth-order valence-electron chi connectivity index (χ4n) is 0.718. The molecule has 1 unspecified atom stereocenters. The number of nitrogens with two attached hydrogens (primary N) is 1. The minimum absolute atomic E-state index is 0.234. The van der Waals surface area contributed by atoms with Crippen LogP contribution >= 0.6 is 0 Å². The largest absolute Gasteiger partial charge is 0.370 e. The molecule has 1 amide bonds. The Labute approximate surface area is 74.7 Å². The molecule has 0 aromatic heterocycles. The molecule has 0 aliphatic carbocycles. The van der Waals surface area contributed by atoms with Crippen molar-refractivity contribution in [2.24, 2.45) is 11.1 Å². The van der Waals surface area contributed by atoms with Crippen molar-refractivity contribution >= 4 is 5.91 Å². The lowest BCUT2D eigenvalue weighted by Crippen LogP contribution is -2.39. The van der Waals surface area contributed by atoms with E-state index < -0.39 is 0 Å². The SMILES string of the molecule is CC(NCCC(N)=O)C(C)(C)C. The molecular weight excluding hydrogens is 152 g/mol. The second kappa shape index (κ2) is 4.45. The van der Waals surface area contributed by atoms with Crippen LogP contribution in [-0.2, 0) is 4.79 Å². The van der Waals surface area contributed by atoms with Crippen LogP contribution in [0.5, 0.6) is 0 Å². The molecule has 0 saturated heterocycles. The summed E-state index contributed by atoms with van der Waals surface area (Å²) in [5.41, 5.74) is 5.24. The first kappa shape index (κ1) is 11.4. The summed E-state index contributed by atoms with van der Waals surface area (Å²) in [5.74, 6) is -0.247. The third-order valence-electron chi connectivity index (χ3n) is 2.12. The number of rotatable bonds is 4. The summed E-state index contributed by atoms with van der Waals surface area (Å²) in [6, 6.07) is 0.400. The van der Waals surface area contributed by atoms with Gasteiger partial charge in [0, 0.05) is 19.0 Å². The number of primary amides is 1. The highest BCUT2D eigenvalue weighted by molar-refractivity contribution is 5.73. The van der Waals surface area contributed by atoms with Crippen LogP contribution in [-0.4, -0.2) is 18.5 Å². The Morgan fingerprint density at radius 3 is 2.33 bits per heavy atom. The lowest BCUT2D eigenvalue weighted by Gasteiger charge is -2.28. The summed E-state index contributed by atoms with van der Waals surface area (Å²) < 4.78 is 0. The van der Waals surface area contributed by atoms with Crippen molar-refractivity contribution in [1.82, 2.24) is 5.32 Å². The summed E-state index contributed by atoms with van der Waals surface area (Å²) in [4.78, 5) is 10.4. The zero-order chi connectivity index (χ0) is 9.78. The molecule has 0 rings (SSSR count). The Balaban J connectivity index is 3.58. The number of amides is 1. The van der Waals surface area contributed by atoms with E-state index in [9.17, 15) is 4.79 Å². The molecule has 0 heterocycles. The van der Waals surface area contributed by atoms with E-state index in [1.54, 1.807) is 0 Å². The van der Waals surface area contributed by atoms with E-state index in [1.165, 1.54) is 0 Å². The van der Waals surface area contributed by atoms with Gasteiger partial charge in [-0.1, -0.05) is 20.8 Å². The molecule has 3 nitrogen and oxygen atoms in total. The molecule has 0 radical (unpaired) electrons. The standard InChI is InChI=1S/C9H20N2O/c1-7(9(2,3)4)11-6-5-8(10)12/h7,11H,5-6H2,1-4H3,(H2,10,12). The lowest BCUT2D eigenvalue weighted by atomic mass is 9.88. The van der Waals surface area contributed by atoms with Gasteiger partial charge in [-0.25, -0.2) is 0 Å². The highest BCUT2D eigenvalue weighted by Gasteiger charge is 2.18. The maximum absolute atomic E-state index is 10.4. The zero-order valence-electron chi connectivity index (χ0n) is 8.48. The van der Waals surface area contributed by atoms with Gasteiger partial charge in [-0.3, -0.25) is 4.79 Å². The molecule has 3 heteroatoms. The predicted octanol–water partition coefficient (Wildman–Crippen LogP) is 0.886. The Kier molecular flexibility index (Phi) is 4.24. The molecule has 0 aliphatic rings.